The molecule has 0 radical (unpaired) electrons. The van der Waals surface area contributed by atoms with Crippen molar-refractivity contribution >= 4 is 0 Å². The Morgan fingerprint density at radius 2 is 1.20 bits per heavy atom. The SMILES string of the molecule is CCN(CC(C)C(C)O)CC(C)C(C)O. The van der Waals surface area contributed by atoms with Gasteiger partial charge in [0.25, 0.3) is 0 Å². The van der Waals surface area contributed by atoms with Gasteiger partial charge in [-0.2, -0.15) is 0 Å². The van der Waals surface area contributed by atoms with Crippen molar-refractivity contribution in [2.45, 2.75) is 46.8 Å². The second kappa shape index (κ2) is 7.20. The zero-order valence-corrected chi connectivity index (χ0v) is 10.8. The predicted molar refractivity (Wildman–Crippen MR) is 63.8 cm³/mol. The molecule has 0 amide bonds. The lowest BCUT2D eigenvalue weighted by Gasteiger charge is -2.29. The maximum Gasteiger partial charge on any atom is 0.0549 e. The second-order valence-corrected chi connectivity index (χ2v) is 4.79. The molecule has 0 aliphatic rings. The van der Waals surface area contributed by atoms with E-state index < -0.39 is 0 Å². The summed E-state index contributed by atoms with van der Waals surface area (Å²) in [4.78, 5) is 2.29. The molecule has 4 atom stereocenters. The Labute approximate surface area is 94.1 Å². The minimum atomic E-state index is -0.263. The highest BCUT2D eigenvalue weighted by atomic mass is 16.3. The van der Waals surface area contributed by atoms with Crippen LogP contribution in [-0.4, -0.2) is 47.0 Å². The maximum absolute atomic E-state index is 9.43. The molecule has 4 unspecified atom stereocenters. The van der Waals surface area contributed by atoms with Crippen LogP contribution in [0.2, 0.25) is 0 Å². The van der Waals surface area contributed by atoms with Crippen LogP contribution in [0.4, 0.5) is 0 Å². The molecule has 0 saturated carbocycles. The van der Waals surface area contributed by atoms with E-state index in [0.29, 0.717) is 0 Å². The van der Waals surface area contributed by atoms with Gasteiger partial charge in [-0.05, 0) is 32.2 Å². The quantitative estimate of drug-likeness (QED) is 0.676. The van der Waals surface area contributed by atoms with Crippen molar-refractivity contribution < 1.29 is 10.2 Å². The summed E-state index contributed by atoms with van der Waals surface area (Å²) in [7, 11) is 0. The van der Waals surface area contributed by atoms with Crippen molar-refractivity contribution in [1.82, 2.24) is 4.90 Å². The predicted octanol–water partition coefficient (Wildman–Crippen LogP) is 1.34. The van der Waals surface area contributed by atoms with Crippen LogP contribution in [0.1, 0.15) is 34.6 Å². The molecule has 3 nitrogen and oxygen atoms in total. The van der Waals surface area contributed by atoms with Crippen LogP contribution in [0.3, 0.4) is 0 Å². The molecule has 0 saturated heterocycles. The molecular weight excluding hydrogens is 190 g/mol. The molecule has 3 heteroatoms. The van der Waals surface area contributed by atoms with Crippen molar-refractivity contribution in [2.75, 3.05) is 19.6 Å². The monoisotopic (exact) mass is 217 g/mol. The van der Waals surface area contributed by atoms with Crippen molar-refractivity contribution in [2.24, 2.45) is 11.8 Å². The Balaban J connectivity index is 4.03. The normalized spacial score (nSPS) is 20.0. The van der Waals surface area contributed by atoms with E-state index >= 15 is 0 Å². The van der Waals surface area contributed by atoms with E-state index in [1.807, 2.05) is 13.8 Å². The molecular formula is C12H27NO2. The first-order chi connectivity index (χ1) is 6.88. The molecule has 0 fully saturated rings. The van der Waals surface area contributed by atoms with Crippen LogP contribution in [-0.2, 0) is 0 Å². The number of rotatable bonds is 7. The van der Waals surface area contributed by atoms with Crippen LogP contribution in [0.5, 0.6) is 0 Å². The van der Waals surface area contributed by atoms with E-state index in [0.717, 1.165) is 19.6 Å². The summed E-state index contributed by atoms with van der Waals surface area (Å²) in [6, 6.07) is 0. The van der Waals surface area contributed by atoms with Gasteiger partial charge in [-0.3, -0.25) is 0 Å². The third-order valence-electron chi connectivity index (χ3n) is 3.19. The summed E-state index contributed by atoms with van der Waals surface area (Å²) in [6.45, 7) is 12.6. The van der Waals surface area contributed by atoms with Crippen LogP contribution in [0.15, 0.2) is 0 Å². The molecule has 0 spiro atoms. The first kappa shape index (κ1) is 14.9. The van der Waals surface area contributed by atoms with E-state index in [2.05, 4.69) is 25.7 Å². The van der Waals surface area contributed by atoms with Gasteiger partial charge < -0.3 is 15.1 Å². The average Bonchev–Trinajstić information content (AvgIpc) is 2.15. The fourth-order valence-corrected chi connectivity index (χ4v) is 1.45. The standard InChI is InChI=1S/C12H27NO2/c1-6-13(7-9(2)11(4)14)8-10(3)12(5)15/h9-12,14-15H,6-8H2,1-5H3. The minimum Gasteiger partial charge on any atom is -0.393 e. The highest BCUT2D eigenvalue weighted by Gasteiger charge is 2.17. The first-order valence-corrected chi connectivity index (χ1v) is 5.96. The Hall–Kier alpha value is -0.120. The highest BCUT2D eigenvalue weighted by molar-refractivity contribution is 4.70. The van der Waals surface area contributed by atoms with Gasteiger partial charge in [0.2, 0.25) is 0 Å². The van der Waals surface area contributed by atoms with Gasteiger partial charge in [-0.1, -0.05) is 20.8 Å². The third-order valence-corrected chi connectivity index (χ3v) is 3.19. The molecule has 15 heavy (non-hydrogen) atoms. The lowest BCUT2D eigenvalue weighted by Crippen LogP contribution is -2.37. The highest BCUT2D eigenvalue weighted by Crippen LogP contribution is 2.10. The van der Waals surface area contributed by atoms with E-state index in [1.165, 1.54) is 0 Å². The fourth-order valence-electron chi connectivity index (χ4n) is 1.45. The van der Waals surface area contributed by atoms with Gasteiger partial charge in [0, 0.05) is 13.1 Å². The Morgan fingerprint density at radius 3 is 1.40 bits per heavy atom. The van der Waals surface area contributed by atoms with Crippen molar-refractivity contribution in [3.05, 3.63) is 0 Å². The summed E-state index contributed by atoms with van der Waals surface area (Å²) in [5.74, 6) is 0.567. The van der Waals surface area contributed by atoms with Crippen LogP contribution < -0.4 is 0 Å². The lowest BCUT2D eigenvalue weighted by atomic mass is 10.0. The van der Waals surface area contributed by atoms with Crippen molar-refractivity contribution in [3.8, 4) is 0 Å². The summed E-state index contributed by atoms with van der Waals surface area (Å²) in [5.41, 5.74) is 0. The number of aliphatic hydroxyl groups is 2. The number of hydrogen-bond acceptors (Lipinski definition) is 3. The smallest absolute Gasteiger partial charge is 0.0549 e. The molecule has 0 rings (SSSR count). The van der Waals surface area contributed by atoms with Crippen molar-refractivity contribution in [1.29, 1.82) is 0 Å². The molecule has 0 aliphatic carbocycles. The van der Waals surface area contributed by atoms with Crippen LogP contribution >= 0.6 is 0 Å². The molecule has 0 aromatic carbocycles. The minimum absolute atomic E-state index is 0.263. The van der Waals surface area contributed by atoms with E-state index in [9.17, 15) is 10.2 Å². The zero-order valence-electron chi connectivity index (χ0n) is 10.8. The molecule has 0 bridgehead atoms. The third kappa shape index (κ3) is 6.13. The number of aliphatic hydroxyl groups excluding tert-OH is 2. The van der Waals surface area contributed by atoms with Crippen molar-refractivity contribution in [3.63, 3.8) is 0 Å². The van der Waals surface area contributed by atoms with Gasteiger partial charge in [-0.25, -0.2) is 0 Å². The molecule has 0 aromatic heterocycles. The van der Waals surface area contributed by atoms with Gasteiger partial charge in [0.05, 0.1) is 12.2 Å². The van der Waals surface area contributed by atoms with Gasteiger partial charge >= 0.3 is 0 Å². The molecule has 2 N–H and O–H groups in total. The summed E-state index contributed by atoms with van der Waals surface area (Å²) < 4.78 is 0. The van der Waals surface area contributed by atoms with Crippen LogP contribution in [0, 0.1) is 11.8 Å². The maximum atomic E-state index is 9.43. The van der Waals surface area contributed by atoms with E-state index in [1.54, 1.807) is 0 Å². The summed E-state index contributed by atoms with van der Waals surface area (Å²) in [6.07, 6.45) is -0.526. The van der Waals surface area contributed by atoms with Crippen LogP contribution in [0.25, 0.3) is 0 Å². The molecule has 0 aliphatic heterocycles. The number of nitrogens with zero attached hydrogens (tertiary/aromatic N) is 1. The summed E-state index contributed by atoms with van der Waals surface area (Å²) in [5, 5.41) is 18.9. The van der Waals surface area contributed by atoms with Gasteiger partial charge in [0.15, 0.2) is 0 Å². The van der Waals surface area contributed by atoms with E-state index in [-0.39, 0.29) is 24.0 Å². The van der Waals surface area contributed by atoms with Gasteiger partial charge in [0.1, 0.15) is 0 Å². The number of hydrogen-bond donors (Lipinski definition) is 2. The molecule has 0 aromatic rings. The Bertz CT molecular complexity index is 144. The largest absolute Gasteiger partial charge is 0.393 e. The first-order valence-electron chi connectivity index (χ1n) is 5.96. The lowest BCUT2D eigenvalue weighted by molar-refractivity contribution is 0.0743. The molecule has 92 valence electrons. The fraction of sp³-hybridized carbons (Fsp3) is 1.00. The topological polar surface area (TPSA) is 43.7 Å². The Morgan fingerprint density at radius 1 is 0.867 bits per heavy atom. The average molecular weight is 217 g/mol. The second-order valence-electron chi connectivity index (χ2n) is 4.79. The zero-order chi connectivity index (χ0) is 12.0. The van der Waals surface area contributed by atoms with Gasteiger partial charge in [-0.15, -0.1) is 0 Å². The van der Waals surface area contributed by atoms with E-state index in [4.69, 9.17) is 0 Å². The summed E-state index contributed by atoms with van der Waals surface area (Å²) >= 11 is 0. The molecule has 0 heterocycles. The Kier molecular flexibility index (Phi) is 7.14.